The Morgan fingerprint density at radius 2 is 1.71 bits per heavy atom. The van der Waals surface area contributed by atoms with Crippen LogP contribution in [-0.2, 0) is 4.79 Å². The van der Waals surface area contributed by atoms with E-state index in [0.29, 0.717) is 16.9 Å². The summed E-state index contributed by atoms with van der Waals surface area (Å²) in [5, 5.41) is 38.4. The quantitative estimate of drug-likeness (QED) is 0.297. The van der Waals surface area contributed by atoms with E-state index in [1.165, 1.54) is 35.0 Å². The first-order valence-corrected chi connectivity index (χ1v) is 12.1. The van der Waals surface area contributed by atoms with Gasteiger partial charge in [-0.2, -0.15) is 5.10 Å². The van der Waals surface area contributed by atoms with E-state index in [1.54, 1.807) is 6.08 Å². The number of halogens is 1. The van der Waals surface area contributed by atoms with Crippen LogP contribution in [0.25, 0.3) is 11.8 Å². The predicted molar refractivity (Wildman–Crippen MR) is 135 cm³/mol. The van der Waals surface area contributed by atoms with Gasteiger partial charge in [-0.15, -0.1) is 0 Å². The summed E-state index contributed by atoms with van der Waals surface area (Å²) in [5.41, 5.74) is 2.73. The van der Waals surface area contributed by atoms with Gasteiger partial charge in [-0.3, -0.25) is 4.79 Å². The summed E-state index contributed by atoms with van der Waals surface area (Å²) >= 11 is 0. The van der Waals surface area contributed by atoms with E-state index in [-0.39, 0.29) is 59.5 Å². The van der Waals surface area contributed by atoms with E-state index in [1.807, 2.05) is 51.1 Å². The molecule has 8 nitrogen and oxygen atoms in total. The molecule has 0 bridgehead atoms. The van der Waals surface area contributed by atoms with Gasteiger partial charge in [0, 0.05) is 24.4 Å². The van der Waals surface area contributed by atoms with Crippen LogP contribution >= 0.6 is 0 Å². The maximum atomic E-state index is 13.6. The van der Waals surface area contributed by atoms with Gasteiger partial charge in [-0.05, 0) is 48.7 Å². The van der Waals surface area contributed by atoms with Crippen molar-refractivity contribution in [2.24, 2.45) is 0 Å². The molecular weight excluding hydrogens is 500 g/mol. The van der Waals surface area contributed by atoms with Crippen LogP contribution in [0.3, 0.4) is 0 Å². The van der Waals surface area contributed by atoms with E-state index in [0.717, 1.165) is 5.56 Å². The summed E-state index contributed by atoms with van der Waals surface area (Å²) in [5.74, 6) is -2.38. The molecule has 0 fully saturated rings. The number of aliphatic hydroxyl groups excluding tert-OH is 2. The van der Waals surface area contributed by atoms with Crippen LogP contribution in [0.1, 0.15) is 72.9 Å². The van der Waals surface area contributed by atoms with Crippen LogP contribution in [-0.4, -0.2) is 44.1 Å². The Hall–Kier alpha value is -2.82. The number of nitrogens with zero attached hydrogens (tertiary/aromatic N) is 2. The van der Waals surface area contributed by atoms with Crippen LogP contribution < -0.4 is 40.0 Å². The fourth-order valence-corrected chi connectivity index (χ4v) is 4.04. The topological polar surface area (TPSA) is 128 Å². The van der Waals surface area contributed by atoms with Gasteiger partial charge in [0.1, 0.15) is 5.82 Å². The number of carboxylic acid groups (broad SMARTS) is 1. The third kappa shape index (κ3) is 8.34. The summed E-state index contributed by atoms with van der Waals surface area (Å²) in [4.78, 5) is 24.1. The van der Waals surface area contributed by atoms with Crippen LogP contribution in [0.4, 0.5) is 4.39 Å². The van der Waals surface area contributed by atoms with Crippen molar-refractivity contribution in [1.82, 2.24) is 15.1 Å². The average molecular weight is 532 g/mol. The summed E-state index contributed by atoms with van der Waals surface area (Å²) in [6.07, 6.45) is -0.290. The van der Waals surface area contributed by atoms with Gasteiger partial charge in [0.2, 0.25) is 0 Å². The number of carbonyl (C=O) groups excluding carboxylic acids is 2. The van der Waals surface area contributed by atoms with Crippen LogP contribution in [0.15, 0.2) is 60.7 Å². The molecule has 1 heterocycles. The molecule has 3 rings (SSSR count). The van der Waals surface area contributed by atoms with Crippen molar-refractivity contribution in [3.05, 3.63) is 89.0 Å². The maximum absolute atomic E-state index is 13.6. The van der Waals surface area contributed by atoms with E-state index < -0.39 is 30.4 Å². The number of hydrogen-bond donors (Lipinski definition) is 3. The van der Waals surface area contributed by atoms with Crippen molar-refractivity contribution < 1.29 is 58.9 Å². The summed E-state index contributed by atoms with van der Waals surface area (Å²) in [6, 6.07) is 14.8. The Bertz CT molecular complexity index is 1250. The van der Waals surface area contributed by atoms with Gasteiger partial charge in [-0.1, -0.05) is 50.3 Å². The smallest absolute Gasteiger partial charge is 0.550 e. The predicted octanol–water partition coefficient (Wildman–Crippen LogP) is -0.105. The molecule has 0 saturated heterocycles. The Morgan fingerprint density at radius 3 is 2.29 bits per heavy atom. The van der Waals surface area contributed by atoms with Gasteiger partial charge in [-0.25, -0.2) is 9.07 Å². The molecule has 1 amide bonds. The van der Waals surface area contributed by atoms with Crippen molar-refractivity contribution in [3.63, 3.8) is 0 Å². The van der Waals surface area contributed by atoms with Gasteiger partial charge >= 0.3 is 29.6 Å². The van der Waals surface area contributed by atoms with Crippen molar-refractivity contribution in [2.75, 3.05) is 0 Å². The third-order valence-electron chi connectivity index (χ3n) is 5.86. The number of hydrogen-bond acceptors (Lipinski definition) is 6. The minimum atomic E-state index is -1.42. The molecule has 38 heavy (non-hydrogen) atoms. The number of rotatable bonds is 11. The number of amides is 1. The first kappa shape index (κ1) is 31.4. The van der Waals surface area contributed by atoms with E-state index >= 15 is 0 Å². The van der Waals surface area contributed by atoms with Crippen molar-refractivity contribution in [2.45, 2.75) is 57.8 Å². The number of aliphatic hydroxyl groups is 2. The zero-order chi connectivity index (χ0) is 27.1. The van der Waals surface area contributed by atoms with Crippen molar-refractivity contribution >= 4 is 18.0 Å². The Balaban J connectivity index is 0.00000507. The number of aromatic nitrogens is 2. The van der Waals surface area contributed by atoms with E-state index in [9.17, 15) is 29.3 Å². The number of aliphatic carboxylic acids is 1. The van der Waals surface area contributed by atoms with E-state index in [4.69, 9.17) is 0 Å². The zero-order valence-corrected chi connectivity index (χ0v) is 24.0. The molecule has 1 aromatic heterocycles. The molecule has 0 spiro atoms. The molecule has 0 radical (unpaired) electrons. The fourth-order valence-electron chi connectivity index (χ4n) is 4.04. The van der Waals surface area contributed by atoms with Gasteiger partial charge < -0.3 is 25.4 Å². The molecule has 0 saturated carbocycles. The minimum absolute atomic E-state index is 0. The second kappa shape index (κ2) is 14.4. The summed E-state index contributed by atoms with van der Waals surface area (Å²) in [7, 11) is 0. The third-order valence-corrected chi connectivity index (χ3v) is 5.86. The first-order valence-electron chi connectivity index (χ1n) is 12.1. The molecule has 3 N–H and O–H groups in total. The first-order chi connectivity index (χ1) is 17.6. The second-order valence-electron chi connectivity index (χ2n) is 9.19. The molecular formula is C28H31FN3NaO5. The number of carboxylic acids is 1. The largest absolute Gasteiger partial charge is 1.00 e. The molecule has 3 aromatic rings. The van der Waals surface area contributed by atoms with Crippen LogP contribution in [0.5, 0.6) is 0 Å². The summed E-state index contributed by atoms with van der Waals surface area (Å²) in [6.45, 7) is 5.68. The molecule has 0 aliphatic rings. The summed E-state index contributed by atoms with van der Waals surface area (Å²) < 4.78 is 15.1. The number of carbonyl (C=O) groups is 2. The van der Waals surface area contributed by atoms with Gasteiger partial charge in [0.15, 0.2) is 5.69 Å². The standard InChI is InChI=1S/C28H32FN3O5.Na/c1-17(2)26-24(14-13-22(33)15-23(34)16-25(35)36)32(21-11-9-20(29)10-12-21)31-27(26)28(37)30-18(3)19-7-5-4-6-8-19;/h4-14,17-18,22-23,33-34H,15-16H2,1-3H3,(H,30,37)(H,35,36);/q;+1/p-1/t18-,22-,23+;/m0./s1. The SMILES string of the molecule is CC(C)c1c(C(=O)N[C@@H](C)c2ccccc2)nn(-c2ccc(F)cc2)c1C=C[C@H](O)C[C@@H](O)CC(=O)[O-].[Na+]. The Morgan fingerprint density at radius 1 is 1.08 bits per heavy atom. The molecule has 0 unspecified atom stereocenters. The van der Waals surface area contributed by atoms with Crippen molar-refractivity contribution in [1.29, 1.82) is 0 Å². The van der Waals surface area contributed by atoms with Crippen molar-refractivity contribution in [3.8, 4) is 5.69 Å². The molecule has 0 aliphatic heterocycles. The van der Waals surface area contributed by atoms with Gasteiger partial charge in [0.25, 0.3) is 5.91 Å². The monoisotopic (exact) mass is 531 g/mol. The normalized spacial score (nSPS) is 13.7. The second-order valence-corrected chi connectivity index (χ2v) is 9.19. The fraction of sp³-hybridized carbons (Fsp3) is 0.321. The Kier molecular flexibility index (Phi) is 11.9. The Labute approximate surface area is 243 Å². The van der Waals surface area contributed by atoms with Crippen LogP contribution in [0, 0.1) is 5.82 Å². The average Bonchev–Trinajstić information content (AvgIpc) is 3.23. The van der Waals surface area contributed by atoms with Gasteiger partial charge in [0.05, 0.1) is 29.6 Å². The number of nitrogens with one attached hydrogen (secondary N) is 1. The molecule has 3 atom stereocenters. The number of benzene rings is 2. The molecule has 196 valence electrons. The molecule has 0 aliphatic carbocycles. The van der Waals surface area contributed by atoms with Crippen LogP contribution in [0.2, 0.25) is 0 Å². The zero-order valence-electron chi connectivity index (χ0n) is 22.0. The minimum Gasteiger partial charge on any atom is -0.550 e. The molecule has 10 heteroatoms. The maximum Gasteiger partial charge on any atom is 1.00 e. The molecule has 2 aromatic carbocycles. The van der Waals surface area contributed by atoms with E-state index in [2.05, 4.69) is 10.4 Å².